The van der Waals surface area contributed by atoms with Gasteiger partial charge in [-0.3, -0.25) is 14.3 Å². The molecule has 1 amide bonds. The monoisotopic (exact) mass is 392 g/mol. The minimum absolute atomic E-state index is 0.0427. The third-order valence-electron chi connectivity index (χ3n) is 4.38. The number of anilines is 2. The molecule has 2 aromatic carbocycles. The normalized spacial score (nSPS) is 17.2. The summed E-state index contributed by atoms with van der Waals surface area (Å²) in [6.45, 7) is 1.69. The molecular formula is C18H17FN2O5S. The second-order valence-corrected chi connectivity index (χ2v) is 7.98. The number of aryl methyl sites for hydroxylation is 1. The number of carbonyl (C=O) groups excluding carboxylic acids is 1. The number of aliphatic carboxylic acids is 1. The van der Waals surface area contributed by atoms with E-state index in [4.69, 9.17) is 5.11 Å². The Morgan fingerprint density at radius 2 is 1.89 bits per heavy atom. The molecule has 142 valence electrons. The van der Waals surface area contributed by atoms with Crippen LogP contribution in [0.1, 0.15) is 12.0 Å². The lowest BCUT2D eigenvalue weighted by Gasteiger charge is -2.17. The van der Waals surface area contributed by atoms with Gasteiger partial charge in [0, 0.05) is 18.7 Å². The number of nitrogens with one attached hydrogen (secondary N) is 1. The van der Waals surface area contributed by atoms with E-state index in [1.165, 1.54) is 41.3 Å². The van der Waals surface area contributed by atoms with Crippen molar-refractivity contribution in [1.82, 2.24) is 0 Å². The van der Waals surface area contributed by atoms with Crippen LogP contribution in [0, 0.1) is 18.7 Å². The van der Waals surface area contributed by atoms with E-state index in [-0.39, 0.29) is 29.5 Å². The van der Waals surface area contributed by atoms with Gasteiger partial charge < -0.3 is 10.0 Å². The highest BCUT2D eigenvalue weighted by molar-refractivity contribution is 7.92. The molecule has 0 bridgehead atoms. The minimum Gasteiger partial charge on any atom is -0.481 e. The van der Waals surface area contributed by atoms with Gasteiger partial charge in [-0.05, 0) is 48.9 Å². The van der Waals surface area contributed by atoms with Gasteiger partial charge in [0.15, 0.2) is 0 Å². The molecule has 0 radical (unpaired) electrons. The van der Waals surface area contributed by atoms with Crippen molar-refractivity contribution < 1.29 is 27.5 Å². The Morgan fingerprint density at radius 3 is 2.48 bits per heavy atom. The predicted molar refractivity (Wildman–Crippen MR) is 96.5 cm³/mol. The summed E-state index contributed by atoms with van der Waals surface area (Å²) in [5.41, 5.74) is 1.13. The molecule has 1 atom stereocenters. The molecule has 0 aromatic heterocycles. The van der Waals surface area contributed by atoms with Crippen LogP contribution in [0.2, 0.25) is 0 Å². The molecule has 2 N–H and O–H groups in total. The topological polar surface area (TPSA) is 104 Å². The molecule has 0 aliphatic carbocycles. The Bertz CT molecular complexity index is 1000. The van der Waals surface area contributed by atoms with Crippen molar-refractivity contribution in [2.45, 2.75) is 18.2 Å². The number of amides is 1. The number of sulfonamides is 1. The van der Waals surface area contributed by atoms with Crippen LogP contribution in [-0.2, 0) is 19.6 Å². The summed E-state index contributed by atoms with van der Waals surface area (Å²) < 4.78 is 40.7. The number of carbonyl (C=O) groups is 2. The Balaban J connectivity index is 1.81. The molecule has 1 fully saturated rings. The van der Waals surface area contributed by atoms with Crippen LogP contribution in [0.5, 0.6) is 0 Å². The van der Waals surface area contributed by atoms with Crippen LogP contribution in [0.4, 0.5) is 15.8 Å². The van der Waals surface area contributed by atoms with E-state index in [0.717, 1.165) is 6.07 Å². The van der Waals surface area contributed by atoms with Crippen LogP contribution in [0.15, 0.2) is 47.4 Å². The first-order chi connectivity index (χ1) is 12.7. The zero-order valence-corrected chi connectivity index (χ0v) is 15.2. The molecule has 0 saturated carbocycles. The van der Waals surface area contributed by atoms with Gasteiger partial charge in [-0.25, -0.2) is 12.8 Å². The number of carboxylic acids is 1. The molecule has 9 heteroatoms. The van der Waals surface area contributed by atoms with Gasteiger partial charge in [0.25, 0.3) is 10.0 Å². The summed E-state index contributed by atoms with van der Waals surface area (Å²) >= 11 is 0. The van der Waals surface area contributed by atoms with Crippen LogP contribution in [0.25, 0.3) is 0 Å². The van der Waals surface area contributed by atoms with Gasteiger partial charge in [0.05, 0.1) is 16.5 Å². The second kappa shape index (κ2) is 6.99. The molecule has 0 spiro atoms. The minimum atomic E-state index is -3.94. The van der Waals surface area contributed by atoms with Gasteiger partial charge >= 0.3 is 5.97 Å². The maximum Gasteiger partial charge on any atom is 0.308 e. The van der Waals surface area contributed by atoms with Crippen molar-refractivity contribution in [2.75, 3.05) is 16.2 Å². The first kappa shape index (κ1) is 18.8. The van der Waals surface area contributed by atoms with E-state index < -0.39 is 27.7 Å². The number of hydrogen-bond acceptors (Lipinski definition) is 4. The van der Waals surface area contributed by atoms with Crippen molar-refractivity contribution in [1.29, 1.82) is 0 Å². The molecule has 1 heterocycles. The van der Waals surface area contributed by atoms with Gasteiger partial charge in [0.1, 0.15) is 5.82 Å². The largest absolute Gasteiger partial charge is 0.481 e. The van der Waals surface area contributed by atoms with Crippen LogP contribution in [-0.4, -0.2) is 31.9 Å². The number of benzene rings is 2. The maximum atomic E-state index is 13.4. The number of nitrogens with zero attached hydrogens (tertiary/aromatic N) is 1. The van der Waals surface area contributed by atoms with Crippen molar-refractivity contribution in [3.05, 3.63) is 53.8 Å². The number of hydrogen-bond donors (Lipinski definition) is 2. The summed E-state index contributed by atoms with van der Waals surface area (Å²) in [5, 5.41) is 9.04. The smallest absolute Gasteiger partial charge is 0.308 e. The highest BCUT2D eigenvalue weighted by atomic mass is 32.2. The number of carboxylic acid groups (broad SMARTS) is 1. The fourth-order valence-electron chi connectivity index (χ4n) is 2.84. The highest BCUT2D eigenvalue weighted by Crippen LogP contribution is 2.27. The van der Waals surface area contributed by atoms with E-state index in [0.29, 0.717) is 11.3 Å². The average Bonchev–Trinajstić information content (AvgIpc) is 3.00. The van der Waals surface area contributed by atoms with Gasteiger partial charge in [-0.1, -0.05) is 6.07 Å². The van der Waals surface area contributed by atoms with Gasteiger partial charge in [-0.2, -0.15) is 0 Å². The van der Waals surface area contributed by atoms with Crippen molar-refractivity contribution in [2.24, 2.45) is 5.92 Å². The lowest BCUT2D eigenvalue weighted by atomic mass is 10.1. The van der Waals surface area contributed by atoms with Crippen LogP contribution >= 0.6 is 0 Å². The van der Waals surface area contributed by atoms with Gasteiger partial charge in [0.2, 0.25) is 5.91 Å². The molecule has 3 rings (SSSR count). The molecule has 1 aliphatic heterocycles. The van der Waals surface area contributed by atoms with Crippen LogP contribution in [0.3, 0.4) is 0 Å². The molecule has 7 nitrogen and oxygen atoms in total. The van der Waals surface area contributed by atoms with E-state index in [2.05, 4.69) is 4.72 Å². The number of rotatable bonds is 5. The summed E-state index contributed by atoms with van der Waals surface area (Å²) in [4.78, 5) is 24.3. The van der Waals surface area contributed by atoms with Gasteiger partial charge in [-0.15, -0.1) is 0 Å². The zero-order valence-electron chi connectivity index (χ0n) is 14.3. The SMILES string of the molecule is Cc1ccc(F)cc1NS(=O)(=O)c1ccc(N2C[C@H](C(=O)O)CC2=O)cc1. The summed E-state index contributed by atoms with van der Waals surface area (Å²) in [5.74, 6) is -2.71. The zero-order chi connectivity index (χ0) is 19.8. The first-order valence-corrected chi connectivity index (χ1v) is 9.58. The Hall–Kier alpha value is -2.94. The summed E-state index contributed by atoms with van der Waals surface area (Å²) in [6, 6.07) is 9.30. The standard InChI is InChI=1S/C18H17FN2O5S/c1-11-2-3-13(19)9-16(11)20-27(25,26)15-6-4-14(5-7-15)21-10-12(18(23)24)8-17(21)22/h2-7,9,12,20H,8,10H2,1H3,(H,23,24)/t12-/m1/s1. The van der Waals surface area contributed by atoms with Crippen molar-refractivity contribution >= 4 is 33.3 Å². The quantitative estimate of drug-likeness (QED) is 0.813. The maximum absolute atomic E-state index is 13.4. The highest BCUT2D eigenvalue weighted by Gasteiger charge is 2.35. The fourth-order valence-corrected chi connectivity index (χ4v) is 3.96. The molecule has 1 aliphatic rings. The Morgan fingerprint density at radius 1 is 1.22 bits per heavy atom. The second-order valence-electron chi connectivity index (χ2n) is 6.30. The predicted octanol–water partition coefficient (Wildman–Crippen LogP) is 2.37. The third-order valence-corrected chi connectivity index (χ3v) is 5.76. The summed E-state index contributed by atoms with van der Waals surface area (Å²) in [7, 11) is -3.94. The molecule has 27 heavy (non-hydrogen) atoms. The lowest BCUT2D eigenvalue weighted by molar-refractivity contribution is -0.141. The lowest BCUT2D eigenvalue weighted by Crippen LogP contribution is -2.25. The van der Waals surface area contributed by atoms with E-state index in [1.54, 1.807) is 6.92 Å². The first-order valence-electron chi connectivity index (χ1n) is 8.09. The summed E-state index contributed by atoms with van der Waals surface area (Å²) in [6.07, 6.45) is -0.0875. The van der Waals surface area contributed by atoms with E-state index in [9.17, 15) is 22.4 Å². The van der Waals surface area contributed by atoms with E-state index >= 15 is 0 Å². The molecule has 0 unspecified atom stereocenters. The molecule has 1 saturated heterocycles. The third kappa shape index (κ3) is 3.92. The Kier molecular flexibility index (Phi) is 4.88. The average molecular weight is 392 g/mol. The van der Waals surface area contributed by atoms with Crippen molar-refractivity contribution in [3.8, 4) is 0 Å². The number of halogens is 1. The Labute approximate surface area is 155 Å². The van der Waals surface area contributed by atoms with Crippen LogP contribution < -0.4 is 9.62 Å². The van der Waals surface area contributed by atoms with Crippen molar-refractivity contribution in [3.63, 3.8) is 0 Å². The van der Waals surface area contributed by atoms with E-state index in [1.807, 2.05) is 0 Å². The fraction of sp³-hybridized carbons (Fsp3) is 0.222. The molecule has 2 aromatic rings. The molecular weight excluding hydrogens is 375 g/mol.